The molecule has 0 unspecified atom stereocenters. The molecule has 3 aromatic heterocycles. The Morgan fingerprint density at radius 3 is 1.05 bits per heavy atom. The monoisotopic (exact) mass is 1500 g/mol. The highest BCUT2D eigenvalue weighted by molar-refractivity contribution is 9.10. The maximum atomic E-state index is 14.5. The molecule has 5 aliphatic heterocycles. The number of fused-ring (bicyclic) bond motifs is 2. The average Bonchev–Trinajstić information content (AvgIpc) is 1.60. The molecule has 102 heavy (non-hydrogen) atoms. The van der Waals surface area contributed by atoms with Crippen LogP contribution in [0.3, 0.4) is 0 Å². The van der Waals surface area contributed by atoms with E-state index >= 15 is 0 Å². The number of anilines is 2. The molecule has 5 aliphatic rings. The predicted molar refractivity (Wildman–Crippen MR) is 407 cm³/mol. The quantitative estimate of drug-likeness (QED) is 0.132. The second-order valence-corrected chi connectivity index (χ2v) is 30.2. The van der Waals surface area contributed by atoms with Crippen LogP contribution in [0.5, 0.6) is 0 Å². The Balaban J connectivity index is 0.000000124. The van der Waals surface area contributed by atoms with Crippen LogP contribution < -0.4 is 16.1 Å². The normalized spacial score (nSPS) is 17.3. The first kappa shape index (κ1) is 72.9. The second kappa shape index (κ2) is 29.5. The van der Waals surface area contributed by atoms with E-state index in [1.807, 2.05) is 155 Å². The van der Waals surface area contributed by atoms with Crippen molar-refractivity contribution < 1.29 is 46.3 Å². The van der Waals surface area contributed by atoms with Crippen LogP contribution in [0, 0.1) is 11.6 Å². The van der Waals surface area contributed by atoms with Crippen molar-refractivity contribution in [1.82, 2.24) is 29.3 Å². The smallest absolute Gasteiger partial charge is 0.405 e. The lowest BCUT2D eigenvalue weighted by molar-refractivity contribution is -0.115. The maximum absolute atomic E-state index is 14.5. The Morgan fingerprint density at radius 1 is 0.392 bits per heavy atom. The molecule has 0 atom stereocenters. The third kappa shape index (κ3) is 16.3. The molecule has 23 heteroatoms. The summed E-state index contributed by atoms with van der Waals surface area (Å²) in [5.41, 5.74) is 13.1. The number of halogens is 4. The van der Waals surface area contributed by atoms with E-state index in [0.29, 0.717) is 34.3 Å². The molecule has 16 nitrogen and oxygen atoms in total. The van der Waals surface area contributed by atoms with Gasteiger partial charge in [-0.3, -0.25) is 9.59 Å². The molecule has 8 heterocycles. The van der Waals surface area contributed by atoms with Gasteiger partial charge in [-0.15, -0.1) is 0 Å². The second-order valence-electron chi connectivity index (χ2n) is 28.4. The van der Waals surface area contributed by atoms with Crippen LogP contribution >= 0.6 is 31.9 Å². The summed E-state index contributed by atoms with van der Waals surface area (Å²) in [4.78, 5) is 22.4. The number of nitrogens with one attached hydrogen (secondary N) is 2. The van der Waals surface area contributed by atoms with E-state index in [1.165, 1.54) is 28.8 Å². The van der Waals surface area contributed by atoms with Gasteiger partial charge in [-0.1, -0.05) is 113 Å². The molecule has 16 rings (SSSR count). The van der Waals surface area contributed by atoms with Gasteiger partial charge in [0.1, 0.15) is 11.6 Å². The number of carbonyl (C=O) groups is 2. The number of rotatable bonds is 9. The van der Waals surface area contributed by atoms with E-state index in [4.69, 9.17) is 27.9 Å². The van der Waals surface area contributed by atoms with E-state index in [0.717, 1.165) is 60.4 Å². The lowest BCUT2D eigenvalue weighted by atomic mass is 9.49. The number of aromatic nitrogens is 6. The summed E-state index contributed by atoms with van der Waals surface area (Å²) in [6.45, 7) is 24.5. The molecule has 0 radical (unpaired) electrons. The maximum Gasteiger partial charge on any atom is 0.494 e. The molecular formula is C79H79B3Br2F2N8O8. The Morgan fingerprint density at radius 2 is 0.696 bits per heavy atom. The fraction of sp³-hybridized carbons (Fsp3) is 0.253. The third-order valence-electron chi connectivity index (χ3n) is 19.7. The predicted octanol–water partition coefficient (Wildman–Crippen LogP) is 17.3. The fourth-order valence-electron chi connectivity index (χ4n) is 11.7. The fourth-order valence-corrected chi connectivity index (χ4v) is 12.3. The van der Waals surface area contributed by atoms with Crippen LogP contribution in [-0.4, -0.2) is 95.9 Å². The third-order valence-corrected chi connectivity index (χ3v) is 20.9. The molecule has 2 N–H and O–H groups in total. The van der Waals surface area contributed by atoms with Gasteiger partial charge in [-0.05, 0) is 246 Å². The minimum atomic E-state index is -0.476. The molecular weight excluding hydrogens is 1420 g/mol. The van der Waals surface area contributed by atoms with Gasteiger partial charge in [0, 0.05) is 58.6 Å². The van der Waals surface area contributed by atoms with Crippen LogP contribution in [0.15, 0.2) is 234 Å². The van der Waals surface area contributed by atoms with E-state index in [9.17, 15) is 18.4 Å². The van der Waals surface area contributed by atoms with Gasteiger partial charge in [0.2, 0.25) is 11.8 Å². The number of carbonyl (C=O) groups excluding carboxylic acids is 2. The van der Waals surface area contributed by atoms with Crippen molar-refractivity contribution >= 4 is 81.6 Å². The summed E-state index contributed by atoms with van der Waals surface area (Å²) in [7, 11) is -1.27. The van der Waals surface area contributed by atoms with E-state index < -0.39 is 14.0 Å². The van der Waals surface area contributed by atoms with Crippen LogP contribution in [0.25, 0.3) is 61.6 Å². The zero-order valence-electron chi connectivity index (χ0n) is 59.0. The molecule has 0 saturated carbocycles. The zero-order chi connectivity index (χ0) is 72.5. The number of hydrogen-bond acceptors (Lipinski definition) is 11. The molecule has 11 aromatic rings. The van der Waals surface area contributed by atoms with Gasteiger partial charge in [-0.25, -0.2) is 22.8 Å². The number of benzene rings is 8. The highest BCUT2D eigenvalue weighted by atomic mass is 79.9. The molecule has 0 spiro atoms. The van der Waals surface area contributed by atoms with Crippen molar-refractivity contribution in [2.24, 2.45) is 0 Å². The first-order chi connectivity index (χ1) is 48.4. The summed E-state index contributed by atoms with van der Waals surface area (Å²) in [6, 6.07) is 61.2. The summed E-state index contributed by atoms with van der Waals surface area (Å²) in [5, 5.41) is 17.9. The lowest BCUT2D eigenvalue weighted by Gasteiger charge is -2.32. The van der Waals surface area contributed by atoms with E-state index in [2.05, 4.69) is 183 Å². The van der Waals surface area contributed by atoms with Gasteiger partial charge in [0.15, 0.2) is 0 Å². The van der Waals surface area contributed by atoms with Gasteiger partial charge in [0.05, 0.1) is 68.0 Å². The molecule has 3 fully saturated rings. The minimum Gasteiger partial charge on any atom is -0.405 e. The van der Waals surface area contributed by atoms with Crippen molar-refractivity contribution in [3.05, 3.63) is 257 Å². The first-order valence-electron chi connectivity index (χ1n) is 33.6. The Hall–Kier alpha value is -8.90. The largest absolute Gasteiger partial charge is 0.494 e. The molecule has 3 saturated heterocycles. The van der Waals surface area contributed by atoms with Crippen LogP contribution in [0.1, 0.15) is 94.2 Å². The van der Waals surface area contributed by atoms with E-state index in [-0.39, 0.29) is 64.2 Å². The highest BCUT2D eigenvalue weighted by Gasteiger charge is 2.64. The van der Waals surface area contributed by atoms with Crippen molar-refractivity contribution in [3.8, 4) is 61.6 Å². The van der Waals surface area contributed by atoms with Gasteiger partial charge in [-0.2, -0.15) is 15.3 Å². The summed E-state index contributed by atoms with van der Waals surface area (Å²) < 4.78 is 70.5. The number of hydrogen-bond donors (Lipinski definition) is 2. The summed E-state index contributed by atoms with van der Waals surface area (Å²) in [5.74, 6) is -0.865. The van der Waals surface area contributed by atoms with Crippen LogP contribution in [0.4, 0.5) is 20.2 Å². The number of nitrogens with zero attached hydrogens (tertiary/aromatic N) is 6. The standard InChI is InChI=1S/C23H16FN3O.C21H23BN2O2.C15H11BrN2.C12H24B2O4.C8H5BrFNO/c24-21-14-22-18(13-23(28)26-22)12-20(21)17-4-2-15(3-5-17)16-6-8-19(9-7-16)27-11-1-10-25-27;1-20(2)21(3,4)26-22(25-20)18-10-6-16(7-11-18)17-8-12-19(13-9-17)24-15-5-14-23-24;16-14-6-2-12(3-7-14)13-4-8-15(9-5-13)18-11-1-10-17-18;1-9(2)10(3,4)16-13(15-9)14-17-11(5,6)12(7,8)18-14;9-5-1-4-2-8(12)11-7(4)3-6(5)10/h1-12,14H,13H2,(H,26,28);5-15H,1-4H3;1-11H;1-8H3;1,3H,2H2,(H,11,12). The Kier molecular flexibility index (Phi) is 21.0. The summed E-state index contributed by atoms with van der Waals surface area (Å²) >= 11 is 6.50. The van der Waals surface area contributed by atoms with Gasteiger partial charge < -0.3 is 38.6 Å². The number of amides is 2. The highest BCUT2D eigenvalue weighted by Crippen LogP contribution is 2.44. The van der Waals surface area contributed by atoms with Crippen LogP contribution in [-0.2, 0) is 50.4 Å². The van der Waals surface area contributed by atoms with Crippen molar-refractivity contribution in [2.75, 3.05) is 10.6 Å². The average molecular weight is 1500 g/mol. The SMILES string of the molecule is Brc1ccc(-c2ccc(-n3cccn3)cc2)cc1.CC1(C)OB(B2OC(C)(C)C(C)(C)O2)OC1(C)C.CC1(C)OB(c2ccc(-c3ccc(-n4cccn4)cc3)cc2)OC1(C)C.O=C1Cc2cc(-c3ccc(-c4ccc(-n5cccn5)cc4)cc3)c(F)cc2N1.O=C1Cc2cc(Br)c(F)cc2N1. The van der Waals surface area contributed by atoms with Crippen molar-refractivity contribution in [1.29, 1.82) is 0 Å². The zero-order valence-corrected chi connectivity index (χ0v) is 62.1. The molecule has 8 aromatic carbocycles. The Bertz CT molecular complexity index is 4630. The molecule has 0 aliphatic carbocycles. The van der Waals surface area contributed by atoms with Crippen LogP contribution in [0.2, 0.25) is 0 Å². The van der Waals surface area contributed by atoms with Crippen molar-refractivity contribution in [2.45, 2.75) is 130 Å². The minimum absolute atomic E-state index is 0.0810. The summed E-state index contributed by atoms with van der Waals surface area (Å²) in [6.07, 6.45) is 11.7. The Labute approximate surface area is 612 Å². The molecule has 0 bridgehead atoms. The molecule has 520 valence electrons. The molecule has 2 amide bonds. The lowest BCUT2D eigenvalue weighted by Crippen LogP contribution is -2.41. The van der Waals surface area contributed by atoms with Crippen molar-refractivity contribution in [3.63, 3.8) is 0 Å². The van der Waals surface area contributed by atoms with E-state index in [1.54, 1.807) is 30.7 Å². The topological polar surface area (TPSA) is 167 Å². The first-order valence-corrected chi connectivity index (χ1v) is 35.2. The van der Waals surface area contributed by atoms with Gasteiger partial charge >= 0.3 is 21.1 Å². The van der Waals surface area contributed by atoms with Gasteiger partial charge in [0.25, 0.3) is 0 Å².